The molecule has 4 nitrogen and oxygen atoms in total. The molecule has 2 aromatic rings. The molecule has 0 saturated carbocycles. The molecular formula is C12H13N3O. The highest BCUT2D eigenvalue weighted by Gasteiger charge is 2.08. The molecule has 4 heteroatoms. The van der Waals surface area contributed by atoms with Crippen LogP contribution in [0.15, 0.2) is 30.3 Å². The Bertz CT molecular complexity index is 502. The number of rotatable bonds is 3. The Morgan fingerprint density at radius 2 is 2.00 bits per heavy atom. The topological polar surface area (TPSA) is 47.8 Å². The summed E-state index contributed by atoms with van der Waals surface area (Å²) < 4.78 is 1.75. The smallest absolute Gasteiger partial charge is 0.158 e. The zero-order chi connectivity index (χ0) is 11.5. The third-order valence-electron chi connectivity index (χ3n) is 2.22. The van der Waals surface area contributed by atoms with E-state index in [1.54, 1.807) is 11.6 Å². The normalized spacial score (nSPS) is 10.4. The lowest BCUT2D eigenvalue weighted by Crippen LogP contribution is -2.01. The van der Waals surface area contributed by atoms with Gasteiger partial charge in [0.2, 0.25) is 0 Å². The molecule has 0 unspecified atom stereocenters. The van der Waals surface area contributed by atoms with Crippen LogP contribution in [0, 0.1) is 6.92 Å². The summed E-state index contributed by atoms with van der Waals surface area (Å²) in [6, 6.07) is 9.76. The second-order valence-electron chi connectivity index (χ2n) is 3.70. The van der Waals surface area contributed by atoms with Gasteiger partial charge in [-0.25, -0.2) is 9.67 Å². The maximum atomic E-state index is 11.0. The van der Waals surface area contributed by atoms with Crippen LogP contribution < -0.4 is 0 Å². The van der Waals surface area contributed by atoms with Gasteiger partial charge in [0.15, 0.2) is 5.82 Å². The minimum absolute atomic E-state index is 0.0743. The van der Waals surface area contributed by atoms with Gasteiger partial charge >= 0.3 is 0 Å². The Hall–Kier alpha value is -1.97. The van der Waals surface area contributed by atoms with E-state index in [0.29, 0.717) is 12.2 Å². The molecule has 1 heterocycles. The molecule has 0 aliphatic heterocycles. The van der Waals surface area contributed by atoms with Crippen LogP contribution in [0.5, 0.6) is 0 Å². The minimum Gasteiger partial charge on any atom is -0.300 e. The van der Waals surface area contributed by atoms with Gasteiger partial charge in [0.1, 0.15) is 11.6 Å². The van der Waals surface area contributed by atoms with Crippen LogP contribution >= 0.6 is 0 Å². The van der Waals surface area contributed by atoms with Crippen LogP contribution in [-0.2, 0) is 11.2 Å². The van der Waals surface area contributed by atoms with Gasteiger partial charge < -0.3 is 0 Å². The van der Waals surface area contributed by atoms with Gasteiger partial charge in [-0.3, -0.25) is 4.79 Å². The van der Waals surface area contributed by atoms with E-state index in [-0.39, 0.29) is 5.78 Å². The second-order valence-corrected chi connectivity index (χ2v) is 3.70. The van der Waals surface area contributed by atoms with E-state index in [2.05, 4.69) is 10.1 Å². The van der Waals surface area contributed by atoms with Crippen LogP contribution in [0.1, 0.15) is 18.6 Å². The van der Waals surface area contributed by atoms with Crippen LogP contribution in [0.4, 0.5) is 0 Å². The highest BCUT2D eigenvalue weighted by Crippen LogP contribution is 2.08. The SMILES string of the molecule is CC(=O)Cc1nc(C)n(-c2ccccc2)n1. The lowest BCUT2D eigenvalue weighted by atomic mass is 10.3. The summed E-state index contributed by atoms with van der Waals surface area (Å²) in [4.78, 5) is 15.2. The fraction of sp³-hybridized carbons (Fsp3) is 0.250. The molecule has 0 saturated heterocycles. The van der Waals surface area contributed by atoms with Crippen LogP contribution in [0.2, 0.25) is 0 Å². The van der Waals surface area contributed by atoms with Crippen molar-refractivity contribution in [2.24, 2.45) is 0 Å². The second kappa shape index (κ2) is 4.26. The Labute approximate surface area is 93.9 Å². The highest BCUT2D eigenvalue weighted by atomic mass is 16.1. The average Bonchev–Trinajstić information content (AvgIpc) is 2.60. The number of nitrogens with zero attached hydrogens (tertiary/aromatic N) is 3. The molecule has 0 aliphatic rings. The number of para-hydroxylation sites is 1. The molecule has 0 fully saturated rings. The van der Waals surface area contributed by atoms with E-state index in [4.69, 9.17) is 0 Å². The average molecular weight is 215 g/mol. The summed E-state index contributed by atoms with van der Waals surface area (Å²) in [5.41, 5.74) is 0.960. The monoisotopic (exact) mass is 215 g/mol. The van der Waals surface area contributed by atoms with Crippen molar-refractivity contribution < 1.29 is 4.79 Å². The van der Waals surface area contributed by atoms with Gasteiger partial charge in [-0.15, -0.1) is 0 Å². The number of carbonyl (C=O) groups excluding carboxylic acids is 1. The number of benzene rings is 1. The third kappa shape index (κ3) is 2.16. The summed E-state index contributed by atoms with van der Waals surface area (Å²) in [7, 11) is 0. The van der Waals surface area contributed by atoms with E-state index in [0.717, 1.165) is 11.5 Å². The molecule has 1 aromatic heterocycles. The van der Waals surface area contributed by atoms with E-state index in [1.165, 1.54) is 0 Å². The number of hydrogen-bond donors (Lipinski definition) is 0. The molecule has 0 bridgehead atoms. The summed E-state index contributed by atoms with van der Waals surface area (Å²) in [5.74, 6) is 1.45. The van der Waals surface area contributed by atoms with E-state index < -0.39 is 0 Å². The number of hydrogen-bond acceptors (Lipinski definition) is 3. The van der Waals surface area contributed by atoms with Crippen molar-refractivity contribution in [1.29, 1.82) is 0 Å². The molecule has 0 aliphatic carbocycles. The van der Waals surface area contributed by atoms with Crippen molar-refractivity contribution >= 4 is 5.78 Å². The summed E-state index contributed by atoms with van der Waals surface area (Å²) in [5, 5.41) is 4.30. The summed E-state index contributed by atoms with van der Waals surface area (Å²) in [6.45, 7) is 3.42. The molecule has 0 amide bonds. The van der Waals surface area contributed by atoms with Crippen LogP contribution in [-0.4, -0.2) is 20.5 Å². The molecule has 0 atom stereocenters. The zero-order valence-corrected chi connectivity index (χ0v) is 9.34. The maximum absolute atomic E-state index is 11.0. The molecule has 16 heavy (non-hydrogen) atoms. The number of Topliss-reactive ketones (excluding diaryl/α,β-unsaturated/α-hetero) is 1. The standard InChI is InChI=1S/C12H13N3O/c1-9(16)8-12-13-10(2)15(14-12)11-6-4-3-5-7-11/h3-7H,8H2,1-2H3. The van der Waals surface area contributed by atoms with Crippen LogP contribution in [0.25, 0.3) is 5.69 Å². The van der Waals surface area contributed by atoms with Gasteiger partial charge in [-0.05, 0) is 26.0 Å². The lowest BCUT2D eigenvalue weighted by Gasteiger charge is -2.00. The first kappa shape index (κ1) is 10.5. The maximum Gasteiger partial charge on any atom is 0.158 e. The first-order chi connectivity index (χ1) is 7.66. The summed E-state index contributed by atoms with van der Waals surface area (Å²) >= 11 is 0. The van der Waals surface area contributed by atoms with Crippen molar-refractivity contribution in [3.8, 4) is 5.69 Å². The van der Waals surface area contributed by atoms with Gasteiger partial charge in [0.05, 0.1) is 12.1 Å². The molecule has 0 N–H and O–H groups in total. The first-order valence-corrected chi connectivity index (χ1v) is 5.14. The van der Waals surface area contributed by atoms with Crippen molar-refractivity contribution in [2.45, 2.75) is 20.3 Å². The van der Waals surface area contributed by atoms with E-state index in [1.807, 2.05) is 37.3 Å². The molecule has 2 rings (SSSR count). The molecular weight excluding hydrogens is 202 g/mol. The van der Waals surface area contributed by atoms with Gasteiger partial charge in [0, 0.05) is 0 Å². The predicted octanol–water partition coefficient (Wildman–Crippen LogP) is 1.71. The van der Waals surface area contributed by atoms with Gasteiger partial charge in [-0.1, -0.05) is 18.2 Å². The fourth-order valence-corrected chi connectivity index (χ4v) is 1.56. The lowest BCUT2D eigenvalue weighted by molar-refractivity contribution is -0.116. The fourth-order valence-electron chi connectivity index (χ4n) is 1.56. The van der Waals surface area contributed by atoms with Gasteiger partial charge in [-0.2, -0.15) is 5.10 Å². The van der Waals surface area contributed by atoms with Crippen molar-refractivity contribution in [3.05, 3.63) is 42.0 Å². The minimum atomic E-state index is 0.0743. The zero-order valence-electron chi connectivity index (χ0n) is 9.34. The molecule has 1 aromatic carbocycles. The highest BCUT2D eigenvalue weighted by molar-refractivity contribution is 5.77. The number of ketones is 1. The summed E-state index contributed by atoms with van der Waals surface area (Å²) in [6.07, 6.45) is 0.292. The third-order valence-corrected chi connectivity index (χ3v) is 2.22. The van der Waals surface area contributed by atoms with Crippen molar-refractivity contribution in [3.63, 3.8) is 0 Å². The molecule has 0 radical (unpaired) electrons. The number of aromatic nitrogens is 3. The van der Waals surface area contributed by atoms with E-state index in [9.17, 15) is 4.79 Å². The van der Waals surface area contributed by atoms with Crippen molar-refractivity contribution in [2.75, 3.05) is 0 Å². The first-order valence-electron chi connectivity index (χ1n) is 5.14. The Morgan fingerprint density at radius 1 is 1.31 bits per heavy atom. The molecule has 82 valence electrons. The number of carbonyl (C=O) groups is 1. The van der Waals surface area contributed by atoms with Crippen LogP contribution in [0.3, 0.4) is 0 Å². The van der Waals surface area contributed by atoms with Gasteiger partial charge in [0.25, 0.3) is 0 Å². The Balaban J connectivity index is 2.36. The van der Waals surface area contributed by atoms with Crippen molar-refractivity contribution in [1.82, 2.24) is 14.8 Å². The number of aryl methyl sites for hydroxylation is 1. The quantitative estimate of drug-likeness (QED) is 0.783. The predicted molar refractivity (Wildman–Crippen MR) is 60.5 cm³/mol. The van der Waals surface area contributed by atoms with E-state index >= 15 is 0 Å². The Kier molecular flexibility index (Phi) is 2.81. The largest absolute Gasteiger partial charge is 0.300 e. The Morgan fingerprint density at radius 3 is 2.62 bits per heavy atom. The molecule has 0 spiro atoms.